The van der Waals surface area contributed by atoms with Crippen molar-refractivity contribution in [2.75, 3.05) is 19.8 Å². The number of nitrogens with one attached hydrogen (secondary N) is 1. The Hall–Kier alpha value is -1.69. The van der Waals surface area contributed by atoms with Crippen LogP contribution in [0.4, 0.5) is 0 Å². The molecule has 1 aromatic heterocycles. The van der Waals surface area contributed by atoms with Crippen LogP contribution in [0.3, 0.4) is 0 Å². The fraction of sp³-hybridized carbons (Fsp3) is 0.438. The monoisotopic (exact) mass is 287 g/mol. The zero-order valence-corrected chi connectivity index (χ0v) is 12.5. The summed E-state index contributed by atoms with van der Waals surface area (Å²) in [4.78, 5) is 4.25. The van der Waals surface area contributed by atoms with Crippen LogP contribution < -0.4 is 5.32 Å². The maximum atomic E-state index is 5.43. The van der Waals surface area contributed by atoms with E-state index in [1.165, 1.54) is 5.56 Å². The summed E-state index contributed by atoms with van der Waals surface area (Å²) in [6.07, 6.45) is 3.68. The van der Waals surface area contributed by atoms with Crippen molar-refractivity contribution in [2.24, 2.45) is 0 Å². The van der Waals surface area contributed by atoms with Gasteiger partial charge in [-0.15, -0.1) is 0 Å². The van der Waals surface area contributed by atoms with Crippen molar-refractivity contribution in [1.82, 2.24) is 14.9 Å². The number of hydrogen-bond acceptors (Lipinski definition) is 4. The van der Waals surface area contributed by atoms with Crippen LogP contribution in [0.1, 0.15) is 24.4 Å². The first kappa shape index (κ1) is 14.3. The molecular formula is C16H21N3O2. The molecule has 2 aromatic rings. The number of aryl methyl sites for hydroxylation is 1. The van der Waals surface area contributed by atoms with Gasteiger partial charge < -0.3 is 19.4 Å². The second kappa shape index (κ2) is 6.39. The summed E-state index contributed by atoms with van der Waals surface area (Å²) in [5, 5.41) is 3.44. The lowest BCUT2D eigenvalue weighted by atomic mass is 10.1. The maximum absolute atomic E-state index is 5.43. The first-order chi connectivity index (χ1) is 10.2. The van der Waals surface area contributed by atoms with E-state index in [2.05, 4.69) is 46.1 Å². The second-order valence-corrected chi connectivity index (χ2v) is 5.24. The van der Waals surface area contributed by atoms with Gasteiger partial charge in [0.05, 0.1) is 13.2 Å². The average molecular weight is 287 g/mol. The summed E-state index contributed by atoms with van der Waals surface area (Å²) in [7, 11) is 0. The number of hydrogen-bond donors (Lipinski definition) is 1. The number of benzene rings is 1. The molecule has 21 heavy (non-hydrogen) atoms. The summed E-state index contributed by atoms with van der Waals surface area (Å²) in [5.74, 6) is 0.990. The van der Waals surface area contributed by atoms with Gasteiger partial charge in [0, 0.05) is 30.7 Å². The van der Waals surface area contributed by atoms with Gasteiger partial charge in [0.25, 0.3) is 0 Å². The molecular weight excluding hydrogens is 266 g/mol. The summed E-state index contributed by atoms with van der Waals surface area (Å²) >= 11 is 0. The fourth-order valence-electron chi connectivity index (χ4n) is 2.49. The minimum absolute atomic E-state index is 0.111. The van der Waals surface area contributed by atoms with E-state index in [-0.39, 0.29) is 12.3 Å². The minimum Gasteiger partial charge on any atom is -0.349 e. The van der Waals surface area contributed by atoms with E-state index in [1.54, 1.807) is 0 Å². The highest BCUT2D eigenvalue weighted by Gasteiger charge is 2.16. The Bertz CT molecular complexity index is 573. The van der Waals surface area contributed by atoms with Crippen molar-refractivity contribution in [3.8, 4) is 5.69 Å². The molecule has 1 atom stereocenters. The number of rotatable bonds is 5. The Morgan fingerprint density at radius 3 is 2.62 bits per heavy atom. The van der Waals surface area contributed by atoms with E-state index in [0.29, 0.717) is 19.8 Å². The average Bonchev–Trinajstić information content (AvgIpc) is 3.16. The minimum atomic E-state index is -0.111. The Morgan fingerprint density at radius 2 is 2.00 bits per heavy atom. The lowest BCUT2D eigenvalue weighted by molar-refractivity contribution is -0.0403. The van der Waals surface area contributed by atoms with Gasteiger partial charge in [0.15, 0.2) is 6.29 Å². The van der Waals surface area contributed by atoms with Crippen LogP contribution in [0.25, 0.3) is 5.69 Å². The topological polar surface area (TPSA) is 48.3 Å². The molecule has 1 saturated heterocycles. The molecule has 0 saturated carbocycles. The van der Waals surface area contributed by atoms with E-state index in [0.717, 1.165) is 11.5 Å². The van der Waals surface area contributed by atoms with Crippen LogP contribution in [0, 0.1) is 6.92 Å². The maximum Gasteiger partial charge on any atom is 0.170 e. The van der Waals surface area contributed by atoms with Gasteiger partial charge in [-0.1, -0.05) is 12.1 Å². The van der Waals surface area contributed by atoms with Gasteiger partial charge in [0.2, 0.25) is 0 Å². The Balaban J connectivity index is 1.62. The Labute approximate surface area is 124 Å². The molecule has 112 valence electrons. The van der Waals surface area contributed by atoms with Crippen LogP contribution in [-0.4, -0.2) is 35.6 Å². The predicted octanol–water partition coefficient (Wildman–Crippen LogP) is 2.20. The molecule has 2 heterocycles. The van der Waals surface area contributed by atoms with Crippen LogP contribution in [-0.2, 0) is 9.47 Å². The quantitative estimate of drug-likeness (QED) is 0.916. The van der Waals surface area contributed by atoms with E-state index >= 15 is 0 Å². The third-order valence-corrected chi connectivity index (χ3v) is 3.78. The third kappa shape index (κ3) is 3.32. The highest BCUT2D eigenvalue weighted by molar-refractivity contribution is 5.36. The first-order valence-electron chi connectivity index (χ1n) is 7.31. The van der Waals surface area contributed by atoms with Gasteiger partial charge in [-0.25, -0.2) is 4.98 Å². The summed E-state index contributed by atoms with van der Waals surface area (Å²) in [6.45, 7) is 6.25. The lowest BCUT2D eigenvalue weighted by Crippen LogP contribution is -2.29. The molecule has 3 rings (SSSR count). The smallest absolute Gasteiger partial charge is 0.170 e. The van der Waals surface area contributed by atoms with Crippen molar-refractivity contribution in [2.45, 2.75) is 26.2 Å². The molecule has 1 N–H and O–H groups in total. The van der Waals surface area contributed by atoms with Crippen molar-refractivity contribution in [3.63, 3.8) is 0 Å². The highest BCUT2D eigenvalue weighted by atomic mass is 16.7. The molecule has 1 aliphatic rings. The van der Waals surface area contributed by atoms with Crippen LogP contribution in [0.2, 0.25) is 0 Å². The first-order valence-corrected chi connectivity index (χ1v) is 7.31. The third-order valence-electron chi connectivity index (χ3n) is 3.78. The van der Waals surface area contributed by atoms with Gasteiger partial charge in [0.1, 0.15) is 5.82 Å². The number of ether oxygens (including phenoxy) is 2. The molecule has 0 spiro atoms. The molecule has 0 bridgehead atoms. The SMILES string of the molecule is Cc1nccn1-c1ccc([C@@H](C)NCC2OCCO2)cc1. The molecule has 5 heteroatoms. The van der Waals surface area contributed by atoms with Crippen molar-refractivity contribution in [3.05, 3.63) is 48.0 Å². The van der Waals surface area contributed by atoms with E-state index in [1.807, 2.05) is 19.3 Å². The summed E-state index contributed by atoms with van der Waals surface area (Å²) in [5.41, 5.74) is 2.37. The fourth-order valence-corrected chi connectivity index (χ4v) is 2.49. The second-order valence-electron chi connectivity index (χ2n) is 5.24. The number of aromatic nitrogens is 2. The van der Waals surface area contributed by atoms with Crippen molar-refractivity contribution < 1.29 is 9.47 Å². The molecule has 0 amide bonds. The predicted molar refractivity (Wildman–Crippen MR) is 80.4 cm³/mol. The number of imidazole rings is 1. The summed E-state index contributed by atoms with van der Waals surface area (Å²) in [6, 6.07) is 8.77. The van der Waals surface area contributed by atoms with Crippen LogP contribution in [0.15, 0.2) is 36.7 Å². The van der Waals surface area contributed by atoms with Crippen LogP contribution >= 0.6 is 0 Å². The molecule has 0 unspecified atom stereocenters. The normalized spacial score (nSPS) is 17.2. The molecule has 5 nitrogen and oxygen atoms in total. The molecule has 1 fully saturated rings. The van der Waals surface area contributed by atoms with Gasteiger partial charge in [-0.3, -0.25) is 0 Å². The molecule has 1 aromatic carbocycles. The van der Waals surface area contributed by atoms with E-state index in [4.69, 9.17) is 9.47 Å². The van der Waals surface area contributed by atoms with Gasteiger partial charge in [-0.05, 0) is 31.5 Å². The zero-order chi connectivity index (χ0) is 14.7. The lowest BCUT2D eigenvalue weighted by Gasteiger charge is -2.17. The van der Waals surface area contributed by atoms with Crippen molar-refractivity contribution in [1.29, 1.82) is 0 Å². The molecule has 0 aliphatic carbocycles. The standard InChI is InChI=1S/C16H21N3O2/c1-12(18-11-16-20-9-10-21-16)14-3-5-15(6-4-14)19-8-7-17-13(19)2/h3-8,12,16,18H,9-11H2,1-2H3/t12-/m1/s1. The Morgan fingerprint density at radius 1 is 1.29 bits per heavy atom. The zero-order valence-electron chi connectivity index (χ0n) is 12.5. The van der Waals surface area contributed by atoms with Gasteiger partial charge in [-0.2, -0.15) is 0 Å². The van der Waals surface area contributed by atoms with E-state index in [9.17, 15) is 0 Å². The highest BCUT2D eigenvalue weighted by Crippen LogP contribution is 2.17. The largest absolute Gasteiger partial charge is 0.349 e. The molecule has 1 aliphatic heterocycles. The Kier molecular flexibility index (Phi) is 4.34. The molecule has 0 radical (unpaired) electrons. The van der Waals surface area contributed by atoms with E-state index < -0.39 is 0 Å². The van der Waals surface area contributed by atoms with Gasteiger partial charge >= 0.3 is 0 Å². The number of nitrogens with zero attached hydrogens (tertiary/aromatic N) is 2. The summed E-state index contributed by atoms with van der Waals surface area (Å²) < 4.78 is 12.9. The van der Waals surface area contributed by atoms with Crippen LogP contribution in [0.5, 0.6) is 0 Å². The van der Waals surface area contributed by atoms with Crippen molar-refractivity contribution >= 4 is 0 Å².